The molecule has 0 rings (SSSR count). The number of aliphatic hydroxyl groups excluding tert-OH is 1. The van der Waals surface area contributed by atoms with Crippen LogP contribution in [0.25, 0.3) is 0 Å². The zero-order valence-corrected chi connectivity index (χ0v) is 60.6. The van der Waals surface area contributed by atoms with E-state index in [4.69, 9.17) is 37.0 Å². The molecular weight excluding hydrogens is 1190 g/mol. The lowest BCUT2D eigenvalue weighted by atomic mass is 9.99. The van der Waals surface area contributed by atoms with Crippen molar-refractivity contribution in [2.24, 2.45) is 23.7 Å². The van der Waals surface area contributed by atoms with Crippen LogP contribution in [0.4, 0.5) is 0 Å². The zero-order valence-electron chi connectivity index (χ0n) is 58.8. The standard InChI is InChI=1S/C71H138O17P2/c1-9-63(7)49-41-33-25-20-22-28-38-46-54-71(76)87-66(57-81-68(73)51-43-35-26-18-16-14-12-11-13-15-17-23-31-39-47-61(3)4)59-85-89(77,78)83-55-65(72)56-84-90(79,80)86-60-67(58-82-69(74)52-44-36-30-29-34-42-50-64(8)10-2)88-70(75)53-45-37-27-21-19-24-32-40-48-62(5)6/h61-67,72H,9-60H2,1-8H3,(H,77,78)(H,79,80)/t63?,64?,65-,66-,67-/m1/s1. The average Bonchev–Trinajstić information content (AvgIpc) is 3.71. The molecule has 0 spiro atoms. The molecule has 0 amide bonds. The van der Waals surface area contributed by atoms with Gasteiger partial charge in [0.05, 0.1) is 26.4 Å². The van der Waals surface area contributed by atoms with Gasteiger partial charge in [0.1, 0.15) is 19.3 Å². The van der Waals surface area contributed by atoms with E-state index in [-0.39, 0.29) is 25.7 Å². The molecule has 0 heterocycles. The van der Waals surface area contributed by atoms with E-state index in [1.54, 1.807) is 0 Å². The Balaban J connectivity index is 5.23. The molecule has 4 unspecified atom stereocenters. The van der Waals surface area contributed by atoms with Crippen molar-refractivity contribution < 1.29 is 80.2 Å². The van der Waals surface area contributed by atoms with Crippen LogP contribution in [0.1, 0.15) is 351 Å². The summed E-state index contributed by atoms with van der Waals surface area (Å²) in [7, 11) is -9.90. The molecule has 0 aliphatic rings. The summed E-state index contributed by atoms with van der Waals surface area (Å²) in [5, 5.41) is 10.6. The first-order valence-electron chi connectivity index (χ1n) is 36.8. The first-order valence-corrected chi connectivity index (χ1v) is 39.8. The van der Waals surface area contributed by atoms with E-state index in [2.05, 4.69) is 55.4 Å². The molecule has 0 aromatic rings. The van der Waals surface area contributed by atoms with Gasteiger partial charge in [-0.15, -0.1) is 0 Å². The lowest BCUT2D eigenvalue weighted by molar-refractivity contribution is -0.161. The molecule has 0 aromatic heterocycles. The van der Waals surface area contributed by atoms with Gasteiger partial charge in [-0.3, -0.25) is 37.3 Å². The highest BCUT2D eigenvalue weighted by molar-refractivity contribution is 7.47. The Hall–Kier alpha value is -1.94. The molecule has 0 saturated heterocycles. The molecule has 534 valence electrons. The van der Waals surface area contributed by atoms with Gasteiger partial charge in [-0.05, 0) is 49.4 Å². The lowest BCUT2D eigenvalue weighted by Crippen LogP contribution is -2.30. The molecule has 0 aliphatic carbocycles. The maximum absolute atomic E-state index is 13.0. The molecule has 17 nitrogen and oxygen atoms in total. The van der Waals surface area contributed by atoms with Crippen molar-refractivity contribution in [2.75, 3.05) is 39.6 Å². The van der Waals surface area contributed by atoms with Gasteiger partial charge in [0, 0.05) is 25.7 Å². The van der Waals surface area contributed by atoms with Gasteiger partial charge < -0.3 is 33.8 Å². The van der Waals surface area contributed by atoms with Gasteiger partial charge in [-0.25, -0.2) is 9.13 Å². The van der Waals surface area contributed by atoms with E-state index in [1.807, 2.05) is 0 Å². The quantitative estimate of drug-likeness (QED) is 0.0222. The van der Waals surface area contributed by atoms with Crippen LogP contribution in [0, 0.1) is 23.7 Å². The molecule has 3 N–H and O–H groups in total. The van der Waals surface area contributed by atoms with Crippen molar-refractivity contribution in [3.8, 4) is 0 Å². The number of hydrogen-bond donors (Lipinski definition) is 3. The van der Waals surface area contributed by atoms with E-state index in [9.17, 15) is 43.2 Å². The molecule has 0 bridgehead atoms. The van der Waals surface area contributed by atoms with Crippen LogP contribution in [0.3, 0.4) is 0 Å². The minimum absolute atomic E-state index is 0.103. The monoisotopic (exact) mass is 1320 g/mol. The Morgan fingerprint density at radius 3 is 0.789 bits per heavy atom. The number of carbonyl (C=O) groups excluding carboxylic acids is 4. The molecule has 19 heteroatoms. The third-order valence-corrected chi connectivity index (χ3v) is 18.9. The van der Waals surface area contributed by atoms with Crippen LogP contribution in [0.15, 0.2) is 0 Å². The Labute approximate surface area is 549 Å². The van der Waals surface area contributed by atoms with E-state index < -0.39 is 97.5 Å². The SMILES string of the molecule is CCC(C)CCCCCCCCCCC(=O)O[C@H](COC(=O)CCCCCCCCCCCCCCCCC(C)C)COP(=O)(O)OC[C@@H](O)COP(=O)(O)OC[C@@H](COC(=O)CCCCCCCCC(C)CC)OC(=O)CCCCCCCCCCC(C)C. The summed E-state index contributed by atoms with van der Waals surface area (Å²) < 4.78 is 68.3. The van der Waals surface area contributed by atoms with Crippen molar-refractivity contribution >= 4 is 39.5 Å². The van der Waals surface area contributed by atoms with Crippen molar-refractivity contribution in [1.82, 2.24) is 0 Å². The smallest absolute Gasteiger partial charge is 0.462 e. The third-order valence-electron chi connectivity index (χ3n) is 17.0. The van der Waals surface area contributed by atoms with Crippen molar-refractivity contribution in [3.05, 3.63) is 0 Å². The summed E-state index contributed by atoms with van der Waals surface area (Å²) in [5.74, 6) is 0.886. The summed E-state index contributed by atoms with van der Waals surface area (Å²) in [6.07, 6.45) is 43.1. The number of phosphoric acid groups is 2. The van der Waals surface area contributed by atoms with Crippen molar-refractivity contribution in [3.63, 3.8) is 0 Å². The number of aliphatic hydroxyl groups is 1. The Bertz CT molecular complexity index is 1790. The van der Waals surface area contributed by atoms with Crippen molar-refractivity contribution in [2.45, 2.75) is 369 Å². The maximum atomic E-state index is 13.0. The highest BCUT2D eigenvalue weighted by atomic mass is 31.2. The fraction of sp³-hybridized carbons (Fsp3) is 0.944. The second-order valence-corrected chi connectivity index (χ2v) is 30.0. The lowest BCUT2D eigenvalue weighted by Gasteiger charge is -2.21. The fourth-order valence-corrected chi connectivity index (χ4v) is 12.2. The maximum Gasteiger partial charge on any atom is 0.472 e. The molecule has 0 fully saturated rings. The van der Waals surface area contributed by atoms with Gasteiger partial charge in [0.25, 0.3) is 0 Å². The van der Waals surface area contributed by atoms with Crippen LogP contribution in [-0.4, -0.2) is 96.7 Å². The summed E-state index contributed by atoms with van der Waals surface area (Å²) in [5.41, 5.74) is 0. The Morgan fingerprint density at radius 2 is 0.533 bits per heavy atom. The predicted octanol–water partition coefficient (Wildman–Crippen LogP) is 20.1. The summed E-state index contributed by atoms with van der Waals surface area (Å²) in [6.45, 7) is 14.1. The van der Waals surface area contributed by atoms with Crippen molar-refractivity contribution in [1.29, 1.82) is 0 Å². The molecule has 0 aromatic carbocycles. The summed E-state index contributed by atoms with van der Waals surface area (Å²) in [4.78, 5) is 72.6. The third kappa shape index (κ3) is 62.2. The van der Waals surface area contributed by atoms with E-state index >= 15 is 0 Å². The molecular formula is C71H138O17P2. The summed E-state index contributed by atoms with van der Waals surface area (Å²) >= 11 is 0. The normalized spacial score (nSPS) is 14.9. The molecule has 7 atom stereocenters. The summed E-state index contributed by atoms with van der Waals surface area (Å²) in [6, 6.07) is 0. The second-order valence-electron chi connectivity index (χ2n) is 27.1. The van der Waals surface area contributed by atoms with E-state index in [1.165, 1.54) is 148 Å². The van der Waals surface area contributed by atoms with Crippen LogP contribution in [0.5, 0.6) is 0 Å². The molecule has 90 heavy (non-hydrogen) atoms. The minimum atomic E-state index is -4.95. The van der Waals surface area contributed by atoms with Crippen LogP contribution in [0.2, 0.25) is 0 Å². The number of unbranched alkanes of at least 4 members (excludes halogenated alkanes) is 32. The van der Waals surface area contributed by atoms with Crippen LogP contribution < -0.4 is 0 Å². The number of hydrogen-bond acceptors (Lipinski definition) is 15. The van der Waals surface area contributed by atoms with Crippen LogP contribution in [-0.2, 0) is 65.4 Å². The number of phosphoric ester groups is 2. The predicted molar refractivity (Wildman–Crippen MR) is 363 cm³/mol. The van der Waals surface area contributed by atoms with Crippen LogP contribution >= 0.6 is 15.6 Å². The van der Waals surface area contributed by atoms with Gasteiger partial charge in [0.2, 0.25) is 0 Å². The largest absolute Gasteiger partial charge is 0.472 e. The second kappa shape index (κ2) is 60.7. The minimum Gasteiger partial charge on any atom is -0.462 e. The highest BCUT2D eigenvalue weighted by Crippen LogP contribution is 2.45. The van der Waals surface area contributed by atoms with Gasteiger partial charge in [0.15, 0.2) is 12.2 Å². The highest BCUT2D eigenvalue weighted by Gasteiger charge is 2.30. The van der Waals surface area contributed by atoms with Gasteiger partial charge in [-0.1, -0.05) is 299 Å². The number of carbonyl (C=O) groups is 4. The molecule has 0 saturated carbocycles. The molecule has 0 aliphatic heterocycles. The first-order chi connectivity index (χ1) is 43.2. The first kappa shape index (κ1) is 88.1. The van der Waals surface area contributed by atoms with Gasteiger partial charge in [-0.2, -0.15) is 0 Å². The van der Waals surface area contributed by atoms with Gasteiger partial charge >= 0.3 is 39.5 Å². The number of ether oxygens (including phenoxy) is 4. The Morgan fingerprint density at radius 1 is 0.311 bits per heavy atom. The zero-order chi connectivity index (χ0) is 66.8. The van der Waals surface area contributed by atoms with E-state index in [0.717, 1.165) is 120 Å². The topological polar surface area (TPSA) is 237 Å². The number of rotatable bonds is 68. The van der Waals surface area contributed by atoms with E-state index in [0.29, 0.717) is 25.7 Å². The number of esters is 4. The fourth-order valence-electron chi connectivity index (χ4n) is 10.6. The average molecular weight is 1330 g/mol. The Kier molecular flexibility index (Phi) is 59.4. The molecule has 0 radical (unpaired) electrons.